The molecule has 6 nitrogen and oxygen atoms in total. The van der Waals surface area contributed by atoms with E-state index in [1.54, 1.807) is 0 Å². The minimum absolute atomic E-state index is 0.107. The van der Waals surface area contributed by atoms with Crippen molar-refractivity contribution < 1.29 is 0 Å². The number of nitrogens with zero attached hydrogens (tertiary/aromatic N) is 3. The van der Waals surface area contributed by atoms with Gasteiger partial charge in [-0.05, 0) is 37.5 Å². The van der Waals surface area contributed by atoms with E-state index in [2.05, 4.69) is 61.3 Å². The lowest BCUT2D eigenvalue weighted by atomic mass is 10.1. The van der Waals surface area contributed by atoms with Crippen molar-refractivity contribution in [1.29, 1.82) is 0 Å². The van der Waals surface area contributed by atoms with Crippen LogP contribution in [0.3, 0.4) is 0 Å². The number of aromatic amines is 2. The summed E-state index contributed by atoms with van der Waals surface area (Å²) in [7, 11) is 0. The smallest absolute Gasteiger partial charge is 0.123 e. The highest BCUT2D eigenvalue weighted by Gasteiger charge is 2.20. The van der Waals surface area contributed by atoms with Crippen LogP contribution in [0.15, 0.2) is 55.0 Å². The number of nitrogens with two attached hydrogens (primary N) is 1. The molecule has 0 bridgehead atoms. The Morgan fingerprint density at radius 1 is 0.800 bits per heavy atom. The number of nitrogens with one attached hydrogen (secondary N) is 2. The molecule has 4 aromatic rings. The molecule has 4 N–H and O–H groups in total. The van der Waals surface area contributed by atoms with Crippen molar-refractivity contribution >= 4 is 0 Å². The van der Waals surface area contributed by atoms with E-state index >= 15 is 0 Å². The molecule has 3 aromatic heterocycles. The first-order chi connectivity index (χ1) is 14.7. The zero-order valence-electron chi connectivity index (χ0n) is 17.1. The van der Waals surface area contributed by atoms with Gasteiger partial charge in [0.15, 0.2) is 0 Å². The van der Waals surface area contributed by atoms with E-state index in [-0.39, 0.29) is 6.04 Å². The highest BCUT2D eigenvalue weighted by Crippen LogP contribution is 2.33. The summed E-state index contributed by atoms with van der Waals surface area (Å²) in [5.74, 6) is 2.50. The topological polar surface area (TPSA) is 96.3 Å². The van der Waals surface area contributed by atoms with Crippen LogP contribution in [-0.4, -0.2) is 24.9 Å². The quantitative estimate of drug-likeness (QED) is 0.430. The molecule has 0 saturated heterocycles. The first kappa shape index (κ1) is 18.8. The molecule has 30 heavy (non-hydrogen) atoms. The molecule has 152 valence electrons. The van der Waals surface area contributed by atoms with Gasteiger partial charge in [0.05, 0.1) is 35.5 Å². The van der Waals surface area contributed by atoms with Gasteiger partial charge in [0.2, 0.25) is 0 Å². The van der Waals surface area contributed by atoms with Crippen LogP contribution in [-0.2, 0) is 0 Å². The number of rotatable bonds is 5. The van der Waals surface area contributed by atoms with Crippen LogP contribution in [0.25, 0.3) is 33.8 Å². The van der Waals surface area contributed by atoms with Gasteiger partial charge in [0.25, 0.3) is 0 Å². The molecule has 1 aliphatic rings. The molecule has 5 rings (SSSR count). The van der Waals surface area contributed by atoms with Crippen molar-refractivity contribution in [1.82, 2.24) is 24.9 Å². The Morgan fingerprint density at radius 3 is 2.13 bits per heavy atom. The lowest BCUT2D eigenvalue weighted by Crippen LogP contribution is -2.06. The van der Waals surface area contributed by atoms with Crippen molar-refractivity contribution in [3.05, 3.63) is 66.6 Å². The Labute approximate surface area is 176 Å². The summed E-state index contributed by atoms with van der Waals surface area (Å²) in [6, 6.07) is 12.4. The average Bonchev–Trinajstić information content (AvgIpc) is 3.55. The third kappa shape index (κ3) is 3.66. The summed E-state index contributed by atoms with van der Waals surface area (Å²) in [5.41, 5.74) is 12.1. The van der Waals surface area contributed by atoms with Gasteiger partial charge in [-0.15, -0.1) is 0 Å². The molecule has 0 amide bonds. The Morgan fingerprint density at radius 2 is 1.47 bits per heavy atom. The molecular formula is C24H26N6. The number of benzene rings is 1. The molecule has 6 heteroatoms. The molecule has 0 unspecified atom stereocenters. The van der Waals surface area contributed by atoms with E-state index < -0.39 is 0 Å². The second-order valence-electron chi connectivity index (χ2n) is 8.14. The lowest BCUT2D eigenvalue weighted by Gasteiger charge is -2.05. The summed E-state index contributed by atoms with van der Waals surface area (Å²) in [5, 5.41) is 0. The van der Waals surface area contributed by atoms with Gasteiger partial charge in [-0.1, -0.05) is 37.1 Å². The fourth-order valence-electron chi connectivity index (χ4n) is 4.15. The predicted molar refractivity (Wildman–Crippen MR) is 119 cm³/mol. The fraction of sp³-hybridized carbons (Fsp3) is 0.292. The minimum atomic E-state index is -0.107. The minimum Gasteiger partial charge on any atom is -0.342 e. The third-order valence-electron chi connectivity index (χ3n) is 5.93. The highest BCUT2D eigenvalue weighted by atomic mass is 15.0. The Bertz CT molecular complexity index is 1120. The molecule has 0 spiro atoms. The largest absolute Gasteiger partial charge is 0.342 e. The van der Waals surface area contributed by atoms with E-state index in [1.165, 1.54) is 25.7 Å². The number of H-pyrrole nitrogens is 2. The normalized spacial score (nSPS) is 15.5. The maximum Gasteiger partial charge on any atom is 0.123 e. The van der Waals surface area contributed by atoms with Crippen molar-refractivity contribution in [3.8, 4) is 33.8 Å². The van der Waals surface area contributed by atoms with Crippen molar-refractivity contribution in [2.24, 2.45) is 5.73 Å². The second-order valence-corrected chi connectivity index (χ2v) is 8.14. The van der Waals surface area contributed by atoms with E-state index in [4.69, 9.17) is 5.73 Å². The Hall–Kier alpha value is -3.25. The predicted octanol–water partition coefficient (Wildman–Crippen LogP) is 5.21. The van der Waals surface area contributed by atoms with Gasteiger partial charge < -0.3 is 15.7 Å². The van der Waals surface area contributed by atoms with Gasteiger partial charge in [-0.25, -0.2) is 9.97 Å². The number of aromatic nitrogens is 5. The van der Waals surface area contributed by atoms with E-state index in [0.29, 0.717) is 5.92 Å². The standard InChI is InChI=1S/C24H26N6/c1-15(25)23-27-13-21(29-23)17-8-6-16(7-9-17)20-11-10-19(12-26-20)22-14-28-24(30-22)18-4-2-3-5-18/h6-15,18H,2-5,25H2,1H3,(H,27,29)(H,28,30)/t15-/m0/s1. The van der Waals surface area contributed by atoms with Gasteiger partial charge in [0, 0.05) is 23.2 Å². The maximum absolute atomic E-state index is 5.88. The summed E-state index contributed by atoms with van der Waals surface area (Å²) in [6.45, 7) is 1.92. The Kier molecular flexibility index (Phi) is 4.93. The zero-order valence-corrected chi connectivity index (χ0v) is 17.1. The van der Waals surface area contributed by atoms with Crippen molar-refractivity contribution in [2.45, 2.75) is 44.6 Å². The molecule has 0 aliphatic heterocycles. The van der Waals surface area contributed by atoms with Crippen LogP contribution >= 0.6 is 0 Å². The fourth-order valence-corrected chi connectivity index (χ4v) is 4.15. The van der Waals surface area contributed by atoms with E-state index in [9.17, 15) is 0 Å². The number of imidazole rings is 2. The van der Waals surface area contributed by atoms with Gasteiger partial charge in [-0.2, -0.15) is 0 Å². The average molecular weight is 399 g/mol. The number of pyridine rings is 1. The summed E-state index contributed by atoms with van der Waals surface area (Å²) >= 11 is 0. The molecule has 1 fully saturated rings. The molecule has 3 heterocycles. The van der Waals surface area contributed by atoms with E-state index in [1.807, 2.05) is 25.5 Å². The monoisotopic (exact) mass is 398 g/mol. The molecule has 1 atom stereocenters. The molecule has 0 radical (unpaired) electrons. The SMILES string of the molecule is C[C@H](N)c1ncc(-c2ccc(-c3ccc(-c4cnc(C5CCCC5)[nH]4)cn3)cc2)[nH]1. The maximum atomic E-state index is 5.88. The summed E-state index contributed by atoms with van der Waals surface area (Å²) < 4.78 is 0. The highest BCUT2D eigenvalue weighted by molar-refractivity contribution is 5.68. The van der Waals surface area contributed by atoms with Crippen LogP contribution in [0.1, 0.15) is 56.2 Å². The van der Waals surface area contributed by atoms with Crippen molar-refractivity contribution in [2.75, 3.05) is 0 Å². The molecule has 1 aliphatic carbocycles. The van der Waals surface area contributed by atoms with Crippen LogP contribution in [0.4, 0.5) is 0 Å². The van der Waals surface area contributed by atoms with Gasteiger partial charge in [0.1, 0.15) is 11.6 Å². The first-order valence-electron chi connectivity index (χ1n) is 10.6. The molecular weight excluding hydrogens is 372 g/mol. The first-order valence-corrected chi connectivity index (χ1v) is 10.6. The van der Waals surface area contributed by atoms with Crippen molar-refractivity contribution in [3.63, 3.8) is 0 Å². The molecule has 1 aromatic carbocycles. The zero-order chi connectivity index (χ0) is 20.5. The van der Waals surface area contributed by atoms with Crippen LogP contribution in [0, 0.1) is 0 Å². The van der Waals surface area contributed by atoms with E-state index in [0.717, 1.165) is 45.4 Å². The third-order valence-corrected chi connectivity index (χ3v) is 5.93. The number of hydrogen-bond donors (Lipinski definition) is 3. The number of hydrogen-bond acceptors (Lipinski definition) is 4. The summed E-state index contributed by atoms with van der Waals surface area (Å²) in [6.07, 6.45) is 10.8. The Balaban J connectivity index is 1.32. The van der Waals surface area contributed by atoms with Gasteiger partial charge >= 0.3 is 0 Å². The van der Waals surface area contributed by atoms with Gasteiger partial charge in [-0.3, -0.25) is 4.98 Å². The molecule has 1 saturated carbocycles. The van der Waals surface area contributed by atoms with Crippen LogP contribution < -0.4 is 5.73 Å². The van der Waals surface area contributed by atoms with Crippen LogP contribution in [0.5, 0.6) is 0 Å². The van der Waals surface area contributed by atoms with Crippen LogP contribution in [0.2, 0.25) is 0 Å². The lowest BCUT2D eigenvalue weighted by molar-refractivity contribution is 0.679. The summed E-state index contributed by atoms with van der Waals surface area (Å²) in [4.78, 5) is 20.4. The second kappa shape index (κ2) is 7.88.